The highest BCUT2D eigenvalue weighted by atomic mass is 16.3. The number of carbonyl (C=O) groups excluding carboxylic acids is 2. The minimum Gasteiger partial charge on any atom is -0.391 e. The van der Waals surface area contributed by atoms with Crippen LogP contribution in [0, 0.1) is 0 Å². The van der Waals surface area contributed by atoms with Gasteiger partial charge in [0, 0.05) is 12.6 Å². The highest BCUT2D eigenvalue weighted by Crippen LogP contribution is 2.00. The molecule has 1 aromatic rings. The number of nitrogens with one attached hydrogen (secondary N) is 2. The minimum absolute atomic E-state index is 0.201. The molecule has 0 bridgehead atoms. The first-order valence-corrected chi connectivity index (χ1v) is 7.52. The van der Waals surface area contributed by atoms with Gasteiger partial charge >= 0.3 is 0 Å². The SMILES string of the molecule is CCCC(O)CNC(=O)C(C)NC(=O)/C=C/c1ccccc1. The fourth-order valence-corrected chi connectivity index (χ4v) is 1.87. The number of hydrogen-bond acceptors (Lipinski definition) is 3. The van der Waals surface area contributed by atoms with Crippen LogP contribution < -0.4 is 10.6 Å². The molecule has 0 aliphatic heterocycles. The van der Waals surface area contributed by atoms with E-state index in [-0.39, 0.29) is 18.4 Å². The second-order valence-electron chi connectivity index (χ2n) is 5.16. The number of carbonyl (C=O) groups is 2. The van der Waals surface area contributed by atoms with Crippen molar-refractivity contribution in [1.82, 2.24) is 10.6 Å². The number of benzene rings is 1. The van der Waals surface area contributed by atoms with Crippen molar-refractivity contribution in [2.24, 2.45) is 0 Å². The molecule has 0 fully saturated rings. The quantitative estimate of drug-likeness (QED) is 0.637. The second-order valence-corrected chi connectivity index (χ2v) is 5.16. The van der Waals surface area contributed by atoms with Gasteiger partial charge in [0.2, 0.25) is 11.8 Å². The van der Waals surface area contributed by atoms with E-state index in [9.17, 15) is 14.7 Å². The molecule has 1 rings (SSSR count). The maximum absolute atomic E-state index is 11.8. The van der Waals surface area contributed by atoms with Crippen molar-refractivity contribution in [2.75, 3.05) is 6.54 Å². The fourth-order valence-electron chi connectivity index (χ4n) is 1.87. The van der Waals surface area contributed by atoms with Gasteiger partial charge in [-0.1, -0.05) is 43.7 Å². The molecule has 0 radical (unpaired) electrons. The van der Waals surface area contributed by atoms with Gasteiger partial charge < -0.3 is 15.7 Å². The molecule has 2 atom stereocenters. The Balaban J connectivity index is 2.37. The van der Waals surface area contributed by atoms with Crippen molar-refractivity contribution in [3.8, 4) is 0 Å². The van der Waals surface area contributed by atoms with Crippen LogP contribution in [0.3, 0.4) is 0 Å². The van der Waals surface area contributed by atoms with Crippen LogP contribution in [0.2, 0.25) is 0 Å². The maximum Gasteiger partial charge on any atom is 0.244 e. The maximum atomic E-state index is 11.8. The van der Waals surface area contributed by atoms with Crippen molar-refractivity contribution < 1.29 is 14.7 Å². The topological polar surface area (TPSA) is 78.4 Å². The molecule has 0 saturated heterocycles. The summed E-state index contributed by atoms with van der Waals surface area (Å²) in [6.07, 6.45) is 4.03. The van der Waals surface area contributed by atoms with Crippen LogP contribution in [0.1, 0.15) is 32.3 Å². The first-order valence-electron chi connectivity index (χ1n) is 7.52. The molecule has 0 spiro atoms. The summed E-state index contributed by atoms with van der Waals surface area (Å²) in [4.78, 5) is 23.5. The Bertz CT molecular complexity index is 500. The summed E-state index contributed by atoms with van der Waals surface area (Å²) in [7, 11) is 0. The number of aliphatic hydroxyl groups is 1. The lowest BCUT2D eigenvalue weighted by Crippen LogP contribution is -2.46. The zero-order valence-corrected chi connectivity index (χ0v) is 13.1. The van der Waals surface area contributed by atoms with Crippen LogP contribution in [-0.4, -0.2) is 35.6 Å². The van der Waals surface area contributed by atoms with Crippen molar-refractivity contribution in [1.29, 1.82) is 0 Å². The predicted molar refractivity (Wildman–Crippen MR) is 87.0 cm³/mol. The van der Waals surface area contributed by atoms with E-state index in [0.717, 1.165) is 12.0 Å². The van der Waals surface area contributed by atoms with E-state index < -0.39 is 12.1 Å². The largest absolute Gasteiger partial charge is 0.391 e. The Hall–Kier alpha value is -2.14. The standard InChI is InChI=1S/C17H24N2O3/c1-3-7-15(20)12-18-17(22)13(2)19-16(21)11-10-14-8-5-4-6-9-14/h4-6,8-11,13,15,20H,3,7,12H2,1-2H3,(H,18,22)(H,19,21)/b11-10+. The molecule has 0 saturated carbocycles. The monoisotopic (exact) mass is 304 g/mol. The summed E-state index contributed by atoms with van der Waals surface area (Å²) >= 11 is 0. The molecule has 5 nitrogen and oxygen atoms in total. The van der Waals surface area contributed by atoms with Gasteiger partial charge in [0.05, 0.1) is 6.10 Å². The van der Waals surface area contributed by atoms with Gasteiger partial charge in [-0.25, -0.2) is 0 Å². The molecule has 5 heteroatoms. The van der Waals surface area contributed by atoms with Gasteiger partial charge in [-0.2, -0.15) is 0 Å². The van der Waals surface area contributed by atoms with Crippen LogP contribution in [0.15, 0.2) is 36.4 Å². The highest BCUT2D eigenvalue weighted by Gasteiger charge is 2.15. The molecule has 22 heavy (non-hydrogen) atoms. The Kier molecular flexibility index (Phi) is 7.92. The number of rotatable bonds is 8. The van der Waals surface area contributed by atoms with E-state index in [1.165, 1.54) is 6.08 Å². The molecule has 0 aliphatic rings. The van der Waals surface area contributed by atoms with Crippen molar-refractivity contribution in [3.05, 3.63) is 42.0 Å². The van der Waals surface area contributed by atoms with Gasteiger partial charge in [0.1, 0.15) is 6.04 Å². The lowest BCUT2D eigenvalue weighted by atomic mass is 10.2. The molecule has 2 amide bonds. The molecule has 1 aromatic carbocycles. The summed E-state index contributed by atoms with van der Waals surface area (Å²) in [5.41, 5.74) is 0.914. The minimum atomic E-state index is -0.651. The predicted octanol–water partition coefficient (Wildman–Crippen LogP) is 1.48. The molecule has 0 heterocycles. The van der Waals surface area contributed by atoms with Gasteiger partial charge in [-0.05, 0) is 25.0 Å². The summed E-state index contributed by atoms with van der Waals surface area (Å²) < 4.78 is 0. The first-order chi connectivity index (χ1) is 10.5. The molecule has 2 unspecified atom stereocenters. The molecular weight excluding hydrogens is 280 g/mol. The van der Waals surface area contributed by atoms with Crippen LogP contribution in [0.25, 0.3) is 6.08 Å². The van der Waals surface area contributed by atoms with Crippen molar-refractivity contribution in [3.63, 3.8) is 0 Å². The smallest absolute Gasteiger partial charge is 0.244 e. The van der Waals surface area contributed by atoms with Crippen LogP contribution in [0.4, 0.5) is 0 Å². The Morgan fingerprint density at radius 2 is 1.95 bits per heavy atom. The zero-order chi connectivity index (χ0) is 16.4. The second kappa shape index (κ2) is 9.73. The van der Waals surface area contributed by atoms with Gasteiger partial charge in [0.15, 0.2) is 0 Å². The summed E-state index contributed by atoms with van der Waals surface area (Å²) in [5.74, 6) is -0.641. The van der Waals surface area contributed by atoms with Gasteiger partial charge in [-0.3, -0.25) is 9.59 Å². The molecule has 120 valence electrons. The van der Waals surface area contributed by atoms with E-state index in [0.29, 0.717) is 6.42 Å². The van der Waals surface area contributed by atoms with Gasteiger partial charge in [-0.15, -0.1) is 0 Å². The molecule has 3 N–H and O–H groups in total. The zero-order valence-electron chi connectivity index (χ0n) is 13.1. The summed E-state index contributed by atoms with van der Waals surface area (Å²) in [6.45, 7) is 3.77. The van der Waals surface area contributed by atoms with Crippen molar-refractivity contribution in [2.45, 2.75) is 38.8 Å². The summed E-state index contributed by atoms with van der Waals surface area (Å²) in [5, 5.41) is 14.8. The molecule has 0 aliphatic carbocycles. The van der Waals surface area contributed by atoms with Crippen LogP contribution in [-0.2, 0) is 9.59 Å². The molecular formula is C17H24N2O3. The number of aliphatic hydroxyl groups excluding tert-OH is 1. The number of hydrogen-bond donors (Lipinski definition) is 3. The fraction of sp³-hybridized carbons (Fsp3) is 0.412. The van der Waals surface area contributed by atoms with Crippen LogP contribution in [0.5, 0.6) is 0 Å². The number of amides is 2. The van der Waals surface area contributed by atoms with E-state index in [1.54, 1.807) is 13.0 Å². The van der Waals surface area contributed by atoms with E-state index in [2.05, 4.69) is 10.6 Å². The highest BCUT2D eigenvalue weighted by molar-refractivity contribution is 5.95. The van der Waals surface area contributed by atoms with E-state index >= 15 is 0 Å². The Morgan fingerprint density at radius 3 is 2.59 bits per heavy atom. The lowest BCUT2D eigenvalue weighted by Gasteiger charge is -2.15. The Labute approximate surface area is 131 Å². The summed E-state index contributed by atoms with van der Waals surface area (Å²) in [6, 6.07) is 8.78. The van der Waals surface area contributed by atoms with Gasteiger partial charge in [0.25, 0.3) is 0 Å². The average molecular weight is 304 g/mol. The third-order valence-electron chi connectivity index (χ3n) is 3.11. The molecule has 0 aromatic heterocycles. The Morgan fingerprint density at radius 1 is 1.27 bits per heavy atom. The third-order valence-corrected chi connectivity index (χ3v) is 3.11. The first kappa shape index (κ1) is 17.9. The third kappa shape index (κ3) is 7.04. The normalized spacial score (nSPS) is 13.6. The van der Waals surface area contributed by atoms with Crippen LogP contribution >= 0.6 is 0 Å². The van der Waals surface area contributed by atoms with E-state index in [1.807, 2.05) is 37.3 Å². The van der Waals surface area contributed by atoms with Crippen molar-refractivity contribution >= 4 is 17.9 Å². The lowest BCUT2D eigenvalue weighted by molar-refractivity contribution is -0.127. The average Bonchev–Trinajstić information content (AvgIpc) is 2.52. The van der Waals surface area contributed by atoms with E-state index in [4.69, 9.17) is 0 Å².